The zero-order chi connectivity index (χ0) is 14.8. The summed E-state index contributed by atoms with van der Waals surface area (Å²) in [5, 5.41) is 14.5. The Morgan fingerprint density at radius 2 is 2.05 bits per heavy atom. The predicted molar refractivity (Wildman–Crippen MR) is 75.5 cm³/mol. The first-order valence-electron chi connectivity index (χ1n) is 7.11. The van der Waals surface area contributed by atoms with Gasteiger partial charge in [-0.05, 0) is 19.3 Å². The van der Waals surface area contributed by atoms with Crippen LogP contribution >= 0.6 is 0 Å². The number of hydrogen-bond donors (Lipinski definition) is 3. The molecule has 1 rings (SSSR count). The van der Waals surface area contributed by atoms with Gasteiger partial charge in [0.1, 0.15) is 0 Å². The molecule has 0 heterocycles. The van der Waals surface area contributed by atoms with Gasteiger partial charge in [-0.25, -0.2) is 4.79 Å². The van der Waals surface area contributed by atoms with E-state index in [0.717, 1.165) is 25.7 Å². The van der Waals surface area contributed by atoms with E-state index in [9.17, 15) is 9.59 Å². The normalized spacial score (nSPS) is 22.0. The van der Waals surface area contributed by atoms with Crippen LogP contribution < -0.4 is 10.6 Å². The molecule has 6 heteroatoms. The number of amides is 2. The van der Waals surface area contributed by atoms with E-state index in [2.05, 4.69) is 17.2 Å². The fraction of sp³-hybridized carbons (Fsp3) is 0.714. The van der Waals surface area contributed by atoms with Gasteiger partial charge < -0.3 is 20.5 Å². The molecule has 0 saturated heterocycles. The average Bonchev–Trinajstić information content (AvgIpc) is 2.43. The van der Waals surface area contributed by atoms with Gasteiger partial charge in [-0.15, -0.1) is 6.58 Å². The molecule has 0 aliphatic heterocycles. The second-order valence-corrected chi connectivity index (χ2v) is 4.93. The molecule has 0 radical (unpaired) electrons. The minimum absolute atomic E-state index is 0.275. The summed E-state index contributed by atoms with van der Waals surface area (Å²) < 4.78 is 5.27. The second-order valence-electron chi connectivity index (χ2n) is 4.93. The Balaban J connectivity index is 2.19. The maximum atomic E-state index is 11.7. The van der Waals surface area contributed by atoms with Crippen molar-refractivity contribution in [2.75, 3.05) is 19.8 Å². The molecule has 1 fully saturated rings. The third-order valence-corrected chi connectivity index (χ3v) is 3.40. The van der Waals surface area contributed by atoms with Crippen molar-refractivity contribution in [1.82, 2.24) is 10.6 Å². The van der Waals surface area contributed by atoms with E-state index < -0.39 is 11.9 Å². The summed E-state index contributed by atoms with van der Waals surface area (Å²) >= 11 is 0. The van der Waals surface area contributed by atoms with Crippen molar-refractivity contribution >= 4 is 12.0 Å². The predicted octanol–water partition coefficient (Wildman–Crippen LogP) is 1.52. The summed E-state index contributed by atoms with van der Waals surface area (Å²) in [5.74, 6) is -1.30. The Morgan fingerprint density at radius 1 is 1.30 bits per heavy atom. The number of rotatable bonds is 8. The smallest absolute Gasteiger partial charge is 0.315 e. The molecule has 6 nitrogen and oxygen atoms in total. The topological polar surface area (TPSA) is 87.7 Å². The lowest BCUT2D eigenvalue weighted by Gasteiger charge is -2.29. The fourth-order valence-corrected chi connectivity index (χ4v) is 2.32. The van der Waals surface area contributed by atoms with Gasteiger partial charge in [-0.2, -0.15) is 0 Å². The first kappa shape index (κ1) is 16.5. The second kappa shape index (κ2) is 9.36. The molecule has 1 aliphatic carbocycles. The van der Waals surface area contributed by atoms with Gasteiger partial charge in [0.05, 0.1) is 19.1 Å². The lowest BCUT2D eigenvalue weighted by atomic mass is 9.84. The quantitative estimate of drug-likeness (QED) is 0.466. The number of urea groups is 1. The van der Waals surface area contributed by atoms with Crippen molar-refractivity contribution in [2.24, 2.45) is 5.92 Å². The zero-order valence-corrected chi connectivity index (χ0v) is 11.8. The number of ether oxygens (including phenoxy) is 1. The van der Waals surface area contributed by atoms with Crippen LogP contribution in [-0.4, -0.2) is 42.9 Å². The summed E-state index contributed by atoms with van der Waals surface area (Å²) in [4.78, 5) is 22.8. The summed E-state index contributed by atoms with van der Waals surface area (Å²) in [6.07, 6.45) is 5.78. The van der Waals surface area contributed by atoms with E-state index in [4.69, 9.17) is 9.84 Å². The lowest BCUT2D eigenvalue weighted by molar-refractivity contribution is -0.143. The highest BCUT2D eigenvalue weighted by Crippen LogP contribution is 2.24. The lowest BCUT2D eigenvalue weighted by Crippen LogP contribution is -2.49. The van der Waals surface area contributed by atoms with E-state index in [1.807, 2.05) is 0 Å². The summed E-state index contributed by atoms with van der Waals surface area (Å²) in [7, 11) is 0. The maximum absolute atomic E-state index is 11.7. The molecule has 1 saturated carbocycles. The molecule has 3 N–H and O–H groups in total. The van der Waals surface area contributed by atoms with E-state index >= 15 is 0 Å². The van der Waals surface area contributed by atoms with Crippen LogP contribution in [0.3, 0.4) is 0 Å². The van der Waals surface area contributed by atoms with Crippen LogP contribution in [0.15, 0.2) is 12.7 Å². The molecular formula is C14H24N2O4. The highest BCUT2D eigenvalue weighted by atomic mass is 16.5. The molecule has 2 atom stereocenters. The van der Waals surface area contributed by atoms with Gasteiger partial charge in [-0.3, -0.25) is 4.79 Å². The molecule has 114 valence electrons. The van der Waals surface area contributed by atoms with Crippen LogP contribution in [-0.2, 0) is 9.53 Å². The van der Waals surface area contributed by atoms with Crippen molar-refractivity contribution in [3.8, 4) is 0 Å². The third kappa shape index (κ3) is 6.06. The summed E-state index contributed by atoms with van der Waals surface area (Å²) in [6, 6.07) is -0.599. The Hall–Kier alpha value is -1.56. The van der Waals surface area contributed by atoms with E-state index in [1.165, 1.54) is 0 Å². The highest BCUT2D eigenvalue weighted by Gasteiger charge is 2.31. The van der Waals surface area contributed by atoms with E-state index in [-0.39, 0.29) is 12.1 Å². The van der Waals surface area contributed by atoms with Crippen LogP contribution in [0.1, 0.15) is 32.1 Å². The van der Waals surface area contributed by atoms with Crippen LogP contribution in [0.5, 0.6) is 0 Å². The number of nitrogens with one attached hydrogen (secondary N) is 2. The van der Waals surface area contributed by atoms with Crippen LogP contribution in [0, 0.1) is 5.92 Å². The Kier molecular flexibility index (Phi) is 7.72. The molecular weight excluding hydrogens is 260 g/mol. The number of hydrogen-bond acceptors (Lipinski definition) is 3. The van der Waals surface area contributed by atoms with Gasteiger partial charge in [0.15, 0.2) is 0 Å². The molecule has 20 heavy (non-hydrogen) atoms. The molecule has 1 aliphatic rings. The minimum atomic E-state index is -0.831. The van der Waals surface area contributed by atoms with Crippen molar-refractivity contribution in [2.45, 2.75) is 38.1 Å². The zero-order valence-electron chi connectivity index (χ0n) is 11.8. The standard InChI is InChI=1S/C14H24N2O4/c1-2-3-9-20-10-8-15-14(19)16-12-7-5-4-6-11(12)13(17)18/h2,11-12H,1,3-10H2,(H,17,18)(H2,15,16,19). The highest BCUT2D eigenvalue weighted by molar-refractivity contribution is 5.76. The molecule has 0 aromatic rings. The summed E-state index contributed by atoms with van der Waals surface area (Å²) in [6.45, 7) is 5.03. The van der Waals surface area contributed by atoms with Crippen LogP contribution in [0.4, 0.5) is 4.79 Å². The molecule has 0 bridgehead atoms. The van der Waals surface area contributed by atoms with Gasteiger partial charge in [0, 0.05) is 12.6 Å². The molecule has 0 aromatic heterocycles. The van der Waals surface area contributed by atoms with Crippen LogP contribution in [0.2, 0.25) is 0 Å². The van der Waals surface area contributed by atoms with Gasteiger partial charge in [0.25, 0.3) is 0 Å². The molecule has 2 amide bonds. The van der Waals surface area contributed by atoms with Gasteiger partial charge in [-0.1, -0.05) is 18.9 Å². The fourth-order valence-electron chi connectivity index (χ4n) is 2.32. The first-order valence-corrected chi connectivity index (χ1v) is 7.11. The van der Waals surface area contributed by atoms with Crippen molar-refractivity contribution in [1.29, 1.82) is 0 Å². The summed E-state index contributed by atoms with van der Waals surface area (Å²) in [5.41, 5.74) is 0. The molecule has 0 aromatic carbocycles. The van der Waals surface area contributed by atoms with Crippen molar-refractivity contribution in [3.63, 3.8) is 0 Å². The molecule has 0 spiro atoms. The van der Waals surface area contributed by atoms with Crippen molar-refractivity contribution < 1.29 is 19.4 Å². The van der Waals surface area contributed by atoms with E-state index in [0.29, 0.717) is 26.2 Å². The van der Waals surface area contributed by atoms with Gasteiger partial charge >= 0.3 is 12.0 Å². The number of carbonyl (C=O) groups excluding carboxylic acids is 1. The SMILES string of the molecule is C=CCCOCCNC(=O)NC1CCCCC1C(=O)O. The van der Waals surface area contributed by atoms with Crippen LogP contribution in [0.25, 0.3) is 0 Å². The third-order valence-electron chi connectivity index (χ3n) is 3.40. The largest absolute Gasteiger partial charge is 0.481 e. The Morgan fingerprint density at radius 3 is 2.75 bits per heavy atom. The van der Waals surface area contributed by atoms with Gasteiger partial charge in [0.2, 0.25) is 0 Å². The van der Waals surface area contributed by atoms with E-state index in [1.54, 1.807) is 6.08 Å². The maximum Gasteiger partial charge on any atom is 0.315 e. The number of carbonyl (C=O) groups is 2. The monoisotopic (exact) mass is 284 g/mol. The minimum Gasteiger partial charge on any atom is -0.481 e. The first-order chi connectivity index (χ1) is 9.65. The number of carboxylic acid groups (broad SMARTS) is 1. The number of aliphatic carboxylic acids is 1. The number of carboxylic acids is 1. The van der Waals surface area contributed by atoms with Crippen molar-refractivity contribution in [3.05, 3.63) is 12.7 Å². The average molecular weight is 284 g/mol. The Bertz CT molecular complexity index is 333. The molecule has 2 unspecified atom stereocenters. The Labute approximate surface area is 119 Å².